The average molecular weight is 352 g/mol. The molecule has 7 heteroatoms. The Kier molecular flexibility index (Phi) is 4.20. The van der Waals surface area contributed by atoms with Crippen LogP contribution in [0.2, 0.25) is 0 Å². The summed E-state index contributed by atoms with van der Waals surface area (Å²) in [5.41, 5.74) is 1.70. The largest absolute Gasteiger partial charge is 0.339 e. The van der Waals surface area contributed by atoms with Crippen LogP contribution < -0.4 is 0 Å². The predicted molar refractivity (Wildman–Crippen MR) is 93.2 cm³/mol. The highest BCUT2D eigenvalue weighted by molar-refractivity contribution is 5.94. The fourth-order valence-corrected chi connectivity index (χ4v) is 3.34. The maximum Gasteiger partial charge on any atom is 0.253 e. The third kappa shape index (κ3) is 2.96. The number of benzene rings is 2. The van der Waals surface area contributed by atoms with E-state index < -0.39 is 5.82 Å². The molecule has 132 valence electrons. The molecule has 0 radical (unpaired) electrons. The quantitative estimate of drug-likeness (QED) is 0.711. The molecule has 0 aliphatic carbocycles. The van der Waals surface area contributed by atoms with E-state index >= 15 is 0 Å². The molecule has 0 unspecified atom stereocenters. The van der Waals surface area contributed by atoms with Crippen molar-refractivity contribution < 1.29 is 14.0 Å². The normalized spacial score (nSPS) is 15.3. The molecule has 1 amide bonds. The number of aromatic nitrogens is 3. The fraction of sp³-hybridized carbons (Fsp3) is 0.263. The van der Waals surface area contributed by atoms with Gasteiger partial charge in [0.1, 0.15) is 11.3 Å². The smallest absolute Gasteiger partial charge is 0.253 e. The molecule has 1 saturated heterocycles. The molecule has 26 heavy (non-hydrogen) atoms. The lowest BCUT2D eigenvalue weighted by Crippen LogP contribution is -2.41. The molecule has 3 aromatic rings. The number of para-hydroxylation sites is 1. The molecule has 0 saturated carbocycles. The van der Waals surface area contributed by atoms with Crippen LogP contribution in [-0.4, -0.2) is 44.8 Å². The second kappa shape index (κ2) is 6.67. The number of nitrogens with zero attached hydrogens (tertiary/aromatic N) is 4. The van der Waals surface area contributed by atoms with Gasteiger partial charge in [-0.15, -0.1) is 5.10 Å². The fourth-order valence-electron chi connectivity index (χ4n) is 3.34. The van der Waals surface area contributed by atoms with E-state index in [0.717, 1.165) is 0 Å². The third-order valence-corrected chi connectivity index (χ3v) is 4.76. The molecular weight excluding hydrogens is 335 g/mol. The van der Waals surface area contributed by atoms with Gasteiger partial charge in [-0.1, -0.05) is 23.4 Å². The topological polar surface area (TPSA) is 68.1 Å². The number of carbonyl (C=O) groups is 2. The van der Waals surface area contributed by atoms with Gasteiger partial charge in [0.2, 0.25) is 0 Å². The van der Waals surface area contributed by atoms with Gasteiger partial charge in [-0.3, -0.25) is 9.59 Å². The zero-order valence-corrected chi connectivity index (χ0v) is 14.0. The van der Waals surface area contributed by atoms with Crippen LogP contribution in [0.15, 0.2) is 48.5 Å². The van der Waals surface area contributed by atoms with E-state index in [1.807, 2.05) is 24.3 Å². The minimum Gasteiger partial charge on any atom is -0.339 e. The van der Waals surface area contributed by atoms with Crippen LogP contribution in [-0.2, 0) is 0 Å². The second-order valence-electron chi connectivity index (χ2n) is 6.41. The first-order valence-electron chi connectivity index (χ1n) is 8.53. The summed E-state index contributed by atoms with van der Waals surface area (Å²) < 4.78 is 14.7. The first-order chi connectivity index (χ1) is 12.6. The van der Waals surface area contributed by atoms with Crippen molar-refractivity contribution in [1.29, 1.82) is 0 Å². The van der Waals surface area contributed by atoms with Crippen LogP contribution in [0.25, 0.3) is 11.0 Å². The highest BCUT2D eigenvalue weighted by Gasteiger charge is 2.30. The Labute approximate surface area is 149 Å². The van der Waals surface area contributed by atoms with Gasteiger partial charge in [-0.25, -0.2) is 4.39 Å². The van der Waals surface area contributed by atoms with E-state index in [1.54, 1.807) is 11.0 Å². The number of amides is 1. The third-order valence-electron chi connectivity index (χ3n) is 4.76. The number of rotatable bonds is 2. The zero-order valence-electron chi connectivity index (χ0n) is 14.0. The van der Waals surface area contributed by atoms with Crippen molar-refractivity contribution in [3.8, 4) is 0 Å². The number of halogens is 1. The van der Waals surface area contributed by atoms with E-state index in [2.05, 4.69) is 10.3 Å². The first-order valence-corrected chi connectivity index (χ1v) is 8.53. The molecule has 1 aliphatic rings. The van der Waals surface area contributed by atoms with E-state index in [4.69, 9.17) is 0 Å². The van der Waals surface area contributed by atoms with Gasteiger partial charge in [-0.05, 0) is 43.2 Å². The van der Waals surface area contributed by atoms with E-state index in [9.17, 15) is 14.0 Å². The van der Waals surface area contributed by atoms with Gasteiger partial charge < -0.3 is 4.90 Å². The summed E-state index contributed by atoms with van der Waals surface area (Å²) in [5, 5.41) is 7.99. The molecule has 0 atom stereocenters. The summed E-state index contributed by atoms with van der Waals surface area (Å²) in [6, 6.07) is 13.0. The summed E-state index contributed by atoms with van der Waals surface area (Å²) in [6.07, 6.45) is 1.10. The van der Waals surface area contributed by atoms with Crippen LogP contribution in [0.5, 0.6) is 0 Å². The molecule has 1 aliphatic heterocycles. The second-order valence-corrected chi connectivity index (χ2v) is 6.41. The number of hydrogen-bond donors (Lipinski definition) is 0. The summed E-state index contributed by atoms with van der Waals surface area (Å²) in [5.74, 6) is -0.950. The Morgan fingerprint density at radius 1 is 1.04 bits per heavy atom. The van der Waals surface area contributed by atoms with Crippen molar-refractivity contribution in [2.45, 2.75) is 12.8 Å². The maximum atomic E-state index is 13.3. The zero-order chi connectivity index (χ0) is 18.1. The molecule has 4 rings (SSSR count). The monoisotopic (exact) mass is 352 g/mol. The van der Waals surface area contributed by atoms with E-state index in [1.165, 1.54) is 22.9 Å². The number of likely N-dealkylation sites (tertiary alicyclic amines) is 1. The van der Waals surface area contributed by atoms with Gasteiger partial charge in [0, 0.05) is 24.6 Å². The maximum absolute atomic E-state index is 13.3. The Hall–Kier alpha value is -3.09. The standard InChI is InChI=1S/C19H17FN4O2/c20-15-5-3-4-14(12-15)18(25)23-10-8-13(9-11-23)19(26)24-17-7-2-1-6-16(17)21-22-24/h1-7,12-13H,8-11H2. The van der Waals surface area contributed by atoms with Gasteiger partial charge >= 0.3 is 0 Å². The lowest BCUT2D eigenvalue weighted by Gasteiger charge is -2.31. The number of fused-ring (bicyclic) bond motifs is 1. The van der Waals surface area contributed by atoms with Gasteiger partial charge in [0.25, 0.3) is 11.8 Å². The Morgan fingerprint density at radius 2 is 1.81 bits per heavy atom. The average Bonchev–Trinajstić information content (AvgIpc) is 3.11. The lowest BCUT2D eigenvalue weighted by molar-refractivity contribution is 0.0615. The van der Waals surface area contributed by atoms with Gasteiger partial charge in [-0.2, -0.15) is 4.68 Å². The molecule has 0 bridgehead atoms. The van der Waals surface area contributed by atoms with Crippen LogP contribution in [0.1, 0.15) is 28.0 Å². The SMILES string of the molecule is O=C(c1cccc(F)c1)N1CCC(C(=O)n2nnc3ccccc32)CC1. The predicted octanol–water partition coefficient (Wildman–Crippen LogP) is 2.76. The molecule has 0 N–H and O–H groups in total. The highest BCUT2D eigenvalue weighted by Crippen LogP contribution is 2.22. The highest BCUT2D eigenvalue weighted by atomic mass is 19.1. The summed E-state index contributed by atoms with van der Waals surface area (Å²) in [4.78, 5) is 26.9. The number of piperidine rings is 1. The van der Waals surface area contributed by atoms with E-state index in [0.29, 0.717) is 42.5 Å². The van der Waals surface area contributed by atoms with Crippen molar-refractivity contribution in [3.05, 3.63) is 59.9 Å². The lowest BCUT2D eigenvalue weighted by atomic mass is 9.95. The molecule has 6 nitrogen and oxygen atoms in total. The van der Waals surface area contributed by atoms with Crippen LogP contribution in [0.4, 0.5) is 4.39 Å². The minimum absolute atomic E-state index is 0.100. The van der Waals surface area contributed by atoms with Crippen LogP contribution in [0, 0.1) is 11.7 Å². The summed E-state index contributed by atoms with van der Waals surface area (Å²) in [7, 11) is 0. The van der Waals surface area contributed by atoms with Crippen molar-refractivity contribution in [1.82, 2.24) is 19.9 Å². The Balaban J connectivity index is 1.45. The van der Waals surface area contributed by atoms with Crippen molar-refractivity contribution in [3.63, 3.8) is 0 Å². The summed E-state index contributed by atoms with van der Waals surface area (Å²) >= 11 is 0. The molecular formula is C19H17FN4O2. The Morgan fingerprint density at radius 3 is 2.58 bits per heavy atom. The molecule has 1 fully saturated rings. The van der Waals surface area contributed by atoms with Gasteiger partial charge in [0.15, 0.2) is 0 Å². The van der Waals surface area contributed by atoms with Gasteiger partial charge in [0.05, 0.1) is 5.52 Å². The number of hydrogen-bond acceptors (Lipinski definition) is 4. The van der Waals surface area contributed by atoms with Crippen molar-refractivity contribution in [2.75, 3.05) is 13.1 Å². The molecule has 0 spiro atoms. The first kappa shape index (κ1) is 16.4. The van der Waals surface area contributed by atoms with Crippen molar-refractivity contribution in [2.24, 2.45) is 5.92 Å². The summed E-state index contributed by atoms with van der Waals surface area (Å²) in [6.45, 7) is 0.913. The van der Waals surface area contributed by atoms with Crippen molar-refractivity contribution >= 4 is 22.8 Å². The van der Waals surface area contributed by atoms with Crippen LogP contribution in [0.3, 0.4) is 0 Å². The number of carbonyl (C=O) groups excluding carboxylic acids is 2. The molecule has 2 aromatic carbocycles. The molecule has 2 heterocycles. The molecule has 1 aromatic heterocycles. The van der Waals surface area contributed by atoms with E-state index in [-0.39, 0.29) is 17.7 Å². The Bertz CT molecular complexity index is 976. The minimum atomic E-state index is -0.432. The van der Waals surface area contributed by atoms with Crippen LogP contribution >= 0.6 is 0 Å².